The summed E-state index contributed by atoms with van der Waals surface area (Å²) in [6, 6.07) is 38.3. The summed E-state index contributed by atoms with van der Waals surface area (Å²) in [5, 5.41) is 7.83. The molecule has 0 aliphatic rings. The summed E-state index contributed by atoms with van der Waals surface area (Å²) < 4.78 is 15.2. The van der Waals surface area contributed by atoms with Crippen LogP contribution in [0.3, 0.4) is 0 Å². The summed E-state index contributed by atoms with van der Waals surface area (Å²) in [4.78, 5) is 40.5. The van der Waals surface area contributed by atoms with Gasteiger partial charge in [-0.15, -0.1) is 11.8 Å². The Kier molecular flexibility index (Phi) is 10.6. The molecule has 3 amide bonds. The second kappa shape index (κ2) is 15.1. The third-order valence-corrected chi connectivity index (χ3v) is 8.53. The van der Waals surface area contributed by atoms with Gasteiger partial charge in [-0.2, -0.15) is 0 Å². The van der Waals surface area contributed by atoms with Crippen LogP contribution in [0.5, 0.6) is 0 Å². The second-order valence-electron chi connectivity index (χ2n) is 9.76. The summed E-state index contributed by atoms with van der Waals surface area (Å²) in [6.07, 6.45) is 1.30. The van der Waals surface area contributed by atoms with E-state index in [2.05, 4.69) is 31.9 Å². The lowest BCUT2D eigenvalue weighted by Gasteiger charge is -2.18. The molecule has 45 heavy (non-hydrogen) atoms. The number of amides is 3. The van der Waals surface area contributed by atoms with E-state index < -0.39 is 22.9 Å². The Morgan fingerprint density at radius 1 is 0.711 bits per heavy atom. The first-order chi connectivity index (χ1) is 21.9. The summed E-state index contributed by atoms with van der Waals surface area (Å²) in [7, 11) is 0. The van der Waals surface area contributed by atoms with Gasteiger partial charge in [-0.3, -0.25) is 14.4 Å². The average Bonchev–Trinajstić information content (AvgIpc) is 3.06. The molecule has 0 fully saturated rings. The van der Waals surface area contributed by atoms with Gasteiger partial charge in [0.1, 0.15) is 16.8 Å². The number of halogens is 2. The van der Waals surface area contributed by atoms with Crippen LogP contribution >= 0.6 is 27.7 Å². The Balaban J connectivity index is 1.33. The van der Waals surface area contributed by atoms with Gasteiger partial charge in [-0.25, -0.2) is 4.39 Å². The average molecular weight is 681 g/mol. The molecule has 5 aromatic carbocycles. The molecule has 1 atom stereocenters. The molecule has 9 heteroatoms. The molecule has 1 unspecified atom stereocenters. The molecule has 0 saturated heterocycles. The first kappa shape index (κ1) is 31.4. The van der Waals surface area contributed by atoms with Crippen LogP contribution in [0.1, 0.15) is 26.7 Å². The van der Waals surface area contributed by atoms with E-state index in [-0.39, 0.29) is 17.2 Å². The molecule has 0 heterocycles. The van der Waals surface area contributed by atoms with Crippen molar-refractivity contribution in [3.8, 4) is 0 Å². The monoisotopic (exact) mass is 679 g/mol. The maximum absolute atomic E-state index is 14.4. The lowest BCUT2D eigenvalue weighted by atomic mass is 10.1. The number of nitrogens with one attached hydrogen (secondary N) is 3. The van der Waals surface area contributed by atoms with Crippen molar-refractivity contribution in [2.24, 2.45) is 0 Å². The highest BCUT2D eigenvalue weighted by molar-refractivity contribution is 9.10. The van der Waals surface area contributed by atoms with Gasteiger partial charge in [-0.1, -0.05) is 78.9 Å². The Bertz CT molecular complexity index is 1830. The van der Waals surface area contributed by atoms with Crippen molar-refractivity contribution in [1.82, 2.24) is 5.32 Å². The van der Waals surface area contributed by atoms with E-state index in [4.69, 9.17) is 0 Å². The number of para-hydroxylation sites is 1. The third kappa shape index (κ3) is 8.56. The van der Waals surface area contributed by atoms with Crippen LogP contribution < -0.4 is 16.0 Å². The lowest BCUT2D eigenvalue weighted by molar-refractivity contribution is -0.116. The summed E-state index contributed by atoms with van der Waals surface area (Å²) in [6.45, 7) is 0. The maximum Gasteiger partial charge on any atom is 0.272 e. The highest BCUT2D eigenvalue weighted by atomic mass is 79.9. The van der Waals surface area contributed by atoms with E-state index in [0.717, 1.165) is 14.9 Å². The fraction of sp³-hybridized carbons (Fsp3) is 0.0278. The van der Waals surface area contributed by atoms with Crippen molar-refractivity contribution in [2.45, 2.75) is 10.1 Å². The van der Waals surface area contributed by atoms with Gasteiger partial charge < -0.3 is 16.0 Å². The van der Waals surface area contributed by atoms with Crippen molar-refractivity contribution < 1.29 is 18.8 Å². The number of thioether (sulfide) groups is 1. The zero-order valence-corrected chi connectivity index (χ0v) is 26.1. The first-order valence-electron chi connectivity index (χ1n) is 13.9. The largest absolute Gasteiger partial charge is 0.324 e. The minimum atomic E-state index is -0.627. The van der Waals surface area contributed by atoms with Gasteiger partial charge in [0.05, 0.1) is 5.69 Å². The highest BCUT2D eigenvalue weighted by Crippen LogP contribution is 2.37. The van der Waals surface area contributed by atoms with Crippen molar-refractivity contribution in [3.63, 3.8) is 0 Å². The van der Waals surface area contributed by atoms with Crippen molar-refractivity contribution in [2.75, 3.05) is 10.6 Å². The van der Waals surface area contributed by atoms with E-state index in [1.165, 1.54) is 30.0 Å². The quantitative estimate of drug-likeness (QED) is 0.102. The van der Waals surface area contributed by atoms with E-state index >= 15 is 0 Å². The topological polar surface area (TPSA) is 87.3 Å². The van der Waals surface area contributed by atoms with Gasteiger partial charge in [0, 0.05) is 26.2 Å². The van der Waals surface area contributed by atoms with Crippen LogP contribution in [0, 0.1) is 5.82 Å². The summed E-state index contributed by atoms with van der Waals surface area (Å²) in [5.74, 6) is -1.85. The fourth-order valence-corrected chi connectivity index (χ4v) is 5.71. The number of anilines is 2. The van der Waals surface area contributed by atoms with Crippen LogP contribution in [0.15, 0.2) is 149 Å². The lowest BCUT2D eigenvalue weighted by Crippen LogP contribution is -2.30. The van der Waals surface area contributed by atoms with Crippen LogP contribution in [-0.2, 0) is 9.59 Å². The maximum atomic E-state index is 14.4. The van der Waals surface area contributed by atoms with Crippen molar-refractivity contribution >= 4 is 62.9 Å². The second-order valence-corrected chi connectivity index (χ2v) is 11.8. The Labute approximate surface area is 272 Å². The van der Waals surface area contributed by atoms with E-state index in [1.807, 2.05) is 54.6 Å². The number of hydrogen-bond donors (Lipinski definition) is 3. The minimum absolute atomic E-state index is 0.125. The Morgan fingerprint density at radius 2 is 1.33 bits per heavy atom. The standard InChI is InChI=1S/C36H27BrFN3O3S/c37-29-16-8-10-18-31(29)40-36(44)33(24-11-3-1-4-12-24)45-28-21-19-27(20-22-28)39-35(43)32(23-26-15-7-9-17-30(26)38)41-34(42)25-13-5-2-6-14-25/h1-23,33H,(H,39,43)(H,40,44)(H,41,42)/b32-23-. The molecular weight excluding hydrogens is 653 g/mol. The van der Waals surface area contributed by atoms with Crippen LogP contribution in [0.25, 0.3) is 6.08 Å². The molecule has 0 bridgehead atoms. The van der Waals surface area contributed by atoms with Gasteiger partial charge in [0.15, 0.2) is 0 Å². The predicted molar refractivity (Wildman–Crippen MR) is 181 cm³/mol. The fourth-order valence-electron chi connectivity index (χ4n) is 4.30. The molecule has 0 aliphatic carbocycles. The minimum Gasteiger partial charge on any atom is -0.324 e. The third-order valence-electron chi connectivity index (χ3n) is 6.57. The highest BCUT2D eigenvalue weighted by Gasteiger charge is 2.23. The molecule has 0 radical (unpaired) electrons. The summed E-state index contributed by atoms with van der Waals surface area (Å²) >= 11 is 4.85. The zero-order chi connectivity index (χ0) is 31.6. The van der Waals surface area contributed by atoms with Crippen molar-refractivity contribution in [3.05, 3.63) is 166 Å². The Morgan fingerprint density at radius 3 is 2.02 bits per heavy atom. The van der Waals surface area contributed by atoms with Gasteiger partial charge in [0.2, 0.25) is 5.91 Å². The molecular formula is C36H27BrFN3O3S. The SMILES string of the molecule is O=C(Nc1ccc(SC(C(=O)Nc2ccccc2Br)c2ccccc2)cc1)/C(=C/c1ccccc1F)NC(=O)c1ccccc1. The first-order valence-corrected chi connectivity index (χ1v) is 15.6. The molecule has 5 rings (SSSR count). The van der Waals surface area contributed by atoms with Crippen LogP contribution in [0.4, 0.5) is 15.8 Å². The zero-order valence-electron chi connectivity index (χ0n) is 23.7. The molecule has 0 saturated carbocycles. The number of rotatable bonds is 10. The normalized spacial score (nSPS) is 11.7. The van der Waals surface area contributed by atoms with E-state index in [0.29, 0.717) is 16.9 Å². The molecule has 0 spiro atoms. The number of carbonyl (C=O) groups excluding carboxylic acids is 3. The smallest absolute Gasteiger partial charge is 0.272 e. The number of hydrogen-bond acceptors (Lipinski definition) is 4. The van der Waals surface area contributed by atoms with E-state index in [9.17, 15) is 18.8 Å². The molecule has 0 aliphatic heterocycles. The molecule has 3 N–H and O–H groups in total. The van der Waals surface area contributed by atoms with Crippen LogP contribution in [0.2, 0.25) is 0 Å². The van der Waals surface area contributed by atoms with E-state index in [1.54, 1.807) is 66.7 Å². The van der Waals surface area contributed by atoms with Crippen LogP contribution in [-0.4, -0.2) is 17.7 Å². The number of carbonyl (C=O) groups is 3. The summed E-state index contributed by atoms with van der Waals surface area (Å²) in [5.41, 5.74) is 2.33. The Hall–Kier alpha value is -4.99. The molecule has 224 valence electrons. The predicted octanol–water partition coefficient (Wildman–Crippen LogP) is 8.47. The van der Waals surface area contributed by atoms with Gasteiger partial charge >= 0.3 is 0 Å². The van der Waals surface area contributed by atoms with Gasteiger partial charge in [0.25, 0.3) is 11.8 Å². The number of benzene rings is 5. The molecule has 5 aromatic rings. The molecule has 0 aromatic heterocycles. The molecule has 6 nitrogen and oxygen atoms in total. The van der Waals surface area contributed by atoms with Gasteiger partial charge in [-0.05, 0) is 82.2 Å². The van der Waals surface area contributed by atoms with Crippen molar-refractivity contribution in [1.29, 1.82) is 0 Å².